The van der Waals surface area contributed by atoms with Crippen LogP contribution in [0.5, 0.6) is 0 Å². The number of aryl methyl sites for hydroxylation is 1. The lowest BCUT2D eigenvalue weighted by atomic mass is 10.2. The van der Waals surface area contributed by atoms with Gasteiger partial charge in [0.15, 0.2) is 5.65 Å². The summed E-state index contributed by atoms with van der Waals surface area (Å²) >= 11 is 7.43. The van der Waals surface area contributed by atoms with Crippen molar-refractivity contribution in [2.24, 2.45) is 0 Å². The van der Waals surface area contributed by atoms with Gasteiger partial charge in [0.2, 0.25) is 5.16 Å². The van der Waals surface area contributed by atoms with Crippen LogP contribution >= 0.6 is 23.4 Å². The second-order valence-corrected chi connectivity index (χ2v) is 7.27. The van der Waals surface area contributed by atoms with Gasteiger partial charge in [-0.1, -0.05) is 54.6 Å². The highest BCUT2D eigenvalue weighted by molar-refractivity contribution is 7.98. The van der Waals surface area contributed by atoms with E-state index in [9.17, 15) is 4.39 Å². The van der Waals surface area contributed by atoms with Crippen LogP contribution < -0.4 is 0 Å². The quantitative estimate of drug-likeness (QED) is 0.426. The molecule has 2 aromatic carbocycles. The third kappa shape index (κ3) is 3.04. The first-order chi connectivity index (χ1) is 12.7. The van der Waals surface area contributed by atoms with Crippen LogP contribution in [0.2, 0.25) is 5.02 Å². The molecule has 4 rings (SSSR count). The zero-order chi connectivity index (χ0) is 18.1. The molecule has 2 heterocycles. The van der Waals surface area contributed by atoms with Gasteiger partial charge in [-0.15, -0.1) is 10.2 Å². The second kappa shape index (κ2) is 7.21. The van der Waals surface area contributed by atoms with Crippen LogP contribution in [-0.4, -0.2) is 19.7 Å². The maximum Gasteiger partial charge on any atom is 0.211 e. The lowest BCUT2D eigenvalue weighted by molar-refractivity contribution is 0.617. The van der Waals surface area contributed by atoms with Crippen molar-refractivity contribution in [3.8, 4) is 0 Å². The Kier molecular flexibility index (Phi) is 4.78. The molecule has 0 atom stereocenters. The topological polar surface area (TPSA) is 43.6 Å². The van der Waals surface area contributed by atoms with E-state index in [1.165, 1.54) is 17.8 Å². The summed E-state index contributed by atoms with van der Waals surface area (Å²) in [5, 5.41) is 10.6. The number of thioether (sulfide) groups is 1. The van der Waals surface area contributed by atoms with E-state index in [4.69, 9.17) is 16.6 Å². The monoisotopic (exact) mass is 386 g/mol. The van der Waals surface area contributed by atoms with Crippen LogP contribution in [0.3, 0.4) is 0 Å². The van der Waals surface area contributed by atoms with Gasteiger partial charge in [0.05, 0.1) is 5.52 Å². The summed E-state index contributed by atoms with van der Waals surface area (Å²) in [6.07, 6.45) is 0.991. The van der Waals surface area contributed by atoms with E-state index in [0.717, 1.165) is 35.0 Å². The summed E-state index contributed by atoms with van der Waals surface area (Å²) in [4.78, 5) is 4.69. The minimum absolute atomic E-state index is 0.320. The zero-order valence-electron chi connectivity index (χ0n) is 14.1. The lowest BCUT2D eigenvalue weighted by Crippen LogP contribution is -2.00. The van der Waals surface area contributed by atoms with Gasteiger partial charge in [0.25, 0.3) is 0 Å². The molecule has 2 aromatic heterocycles. The average Bonchev–Trinajstić information content (AvgIpc) is 2.95. The van der Waals surface area contributed by atoms with Crippen molar-refractivity contribution in [3.63, 3.8) is 0 Å². The number of halogens is 2. The third-order valence-electron chi connectivity index (χ3n) is 4.21. The molecule has 132 valence electrons. The molecule has 4 aromatic rings. The Morgan fingerprint density at radius 2 is 1.96 bits per heavy atom. The predicted octanol–water partition coefficient (Wildman–Crippen LogP) is 5.47. The molecular formula is C19H16ClFN4S. The van der Waals surface area contributed by atoms with Crippen LogP contribution in [-0.2, 0) is 12.3 Å². The van der Waals surface area contributed by atoms with Gasteiger partial charge in [-0.25, -0.2) is 9.37 Å². The van der Waals surface area contributed by atoms with Crippen LogP contribution in [0.4, 0.5) is 4.39 Å². The Morgan fingerprint density at radius 1 is 1.12 bits per heavy atom. The molecule has 26 heavy (non-hydrogen) atoms. The average molecular weight is 387 g/mol. The van der Waals surface area contributed by atoms with E-state index in [2.05, 4.69) is 27.8 Å². The van der Waals surface area contributed by atoms with Crippen molar-refractivity contribution < 1.29 is 4.39 Å². The Morgan fingerprint density at radius 3 is 2.77 bits per heavy atom. The van der Waals surface area contributed by atoms with Gasteiger partial charge < -0.3 is 4.57 Å². The molecule has 0 fully saturated rings. The highest BCUT2D eigenvalue weighted by atomic mass is 35.5. The van der Waals surface area contributed by atoms with Crippen LogP contribution in [0.15, 0.2) is 47.6 Å². The molecular weight excluding hydrogens is 371 g/mol. The van der Waals surface area contributed by atoms with Gasteiger partial charge in [-0.3, -0.25) is 0 Å². The first kappa shape index (κ1) is 17.2. The summed E-state index contributed by atoms with van der Waals surface area (Å²) in [5.41, 5.74) is 3.16. The lowest BCUT2D eigenvalue weighted by Gasteiger charge is -2.06. The van der Waals surface area contributed by atoms with Gasteiger partial charge in [-0.05, 0) is 24.6 Å². The fourth-order valence-electron chi connectivity index (χ4n) is 3.01. The number of hydrogen-bond donors (Lipinski definition) is 0. The third-order valence-corrected chi connectivity index (χ3v) is 5.43. The van der Waals surface area contributed by atoms with Crippen molar-refractivity contribution in [3.05, 3.63) is 58.9 Å². The first-order valence-corrected chi connectivity index (χ1v) is 9.72. The molecule has 0 aliphatic carbocycles. The fraction of sp³-hybridized carbons (Fsp3) is 0.211. The highest BCUT2D eigenvalue weighted by Crippen LogP contribution is 2.30. The smallest absolute Gasteiger partial charge is 0.211 e. The number of hydrogen-bond acceptors (Lipinski definition) is 4. The molecule has 0 saturated heterocycles. The van der Waals surface area contributed by atoms with Crippen LogP contribution in [0, 0.1) is 5.82 Å². The number of fused-ring (bicyclic) bond motifs is 3. The normalized spacial score (nSPS) is 11.5. The summed E-state index contributed by atoms with van der Waals surface area (Å²) in [7, 11) is 0. The van der Waals surface area contributed by atoms with Crippen molar-refractivity contribution in [2.45, 2.75) is 30.8 Å². The maximum absolute atomic E-state index is 14.0. The van der Waals surface area contributed by atoms with Crippen molar-refractivity contribution in [2.75, 3.05) is 0 Å². The van der Waals surface area contributed by atoms with E-state index < -0.39 is 0 Å². The number of nitrogens with zero attached hydrogens (tertiary/aromatic N) is 4. The van der Waals surface area contributed by atoms with E-state index in [0.29, 0.717) is 21.5 Å². The largest absolute Gasteiger partial charge is 0.324 e. The van der Waals surface area contributed by atoms with E-state index >= 15 is 0 Å². The van der Waals surface area contributed by atoms with E-state index in [1.807, 2.05) is 18.2 Å². The maximum atomic E-state index is 14.0. The Labute approximate surface area is 159 Å². The standard InChI is InChI=1S/C19H16ClFN4S/c1-2-10-25-16-9-4-3-6-12(16)17-18(25)22-19(24-23-17)26-11-13-14(20)7-5-8-15(13)21/h3-9H,2,10-11H2,1H3. The number of aromatic nitrogens is 4. The molecule has 0 aliphatic heterocycles. The van der Waals surface area contributed by atoms with Crippen molar-refractivity contribution in [1.82, 2.24) is 19.7 Å². The molecule has 0 radical (unpaired) electrons. The molecule has 7 heteroatoms. The summed E-state index contributed by atoms with van der Waals surface area (Å²) in [6.45, 7) is 2.98. The predicted molar refractivity (Wildman–Crippen MR) is 104 cm³/mol. The minimum atomic E-state index is -0.320. The molecule has 0 bridgehead atoms. The van der Waals surface area contributed by atoms with E-state index in [1.54, 1.807) is 12.1 Å². The summed E-state index contributed by atoms with van der Waals surface area (Å²) in [6, 6.07) is 12.8. The highest BCUT2D eigenvalue weighted by Gasteiger charge is 2.15. The zero-order valence-corrected chi connectivity index (χ0v) is 15.7. The van der Waals surface area contributed by atoms with Crippen LogP contribution in [0.25, 0.3) is 22.1 Å². The van der Waals surface area contributed by atoms with E-state index in [-0.39, 0.29) is 5.82 Å². The van der Waals surface area contributed by atoms with Gasteiger partial charge >= 0.3 is 0 Å². The summed E-state index contributed by atoms with van der Waals surface area (Å²) < 4.78 is 16.1. The van der Waals surface area contributed by atoms with Gasteiger partial charge in [-0.2, -0.15) is 0 Å². The molecule has 4 nitrogen and oxygen atoms in total. The van der Waals surface area contributed by atoms with Gasteiger partial charge in [0, 0.05) is 28.3 Å². The second-order valence-electron chi connectivity index (χ2n) is 5.92. The van der Waals surface area contributed by atoms with Crippen LogP contribution in [0.1, 0.15) is 18.9 Å². The first-order valence-electron chi connectivity index (χ1n) is 8.36. The molecule has 0 spiro atoms. The minimum Gasteiger partial charge on any atom is -0.324 e. The molecule has 0 aliphatic rings. The molecule has 0 amide bonds. The van der Waals surface area contributed by atoms with Crippen molar-refractivity contribution in [1.29, 1.82) is 0 Å². The summed E-state index contributed by atoms with van der Waals surface area (Å²) in [5.74, 6) is 0.0336. The number of rotatable bonds is 5. The molecule has 0 saturated carbocycles. The SMILES string of the molecule is CCCn1c2ccccc2c2nnc(SCc3c(F)cccc3Cl)nc21. The fourth-order valence-corrected chi connectivity index (χ4v) is 4.13. The Hall–Kier alpha value is -2.18. The van der Waals surface area contributed by atoms with Crippen molar-refractivity contribution >= 4 is 45.4 Å². The number of benzene rings is 2. The Balaban J connectivity index is 1.73. The molecule has 0 unspecified atom stereocenters. The number of para-hydroxylation sites is 1. The molecule has 0 N–H and O–H groups in total. The van der Waals surface area contributed by atoms with Gasteiger partial charge in [0.1, 0.15) is 11.3 Å². The Bertz CT molecular complexity index is 1080.